The van der Waals surface area contributed by atoms with Crippen LogP contribution in [-0.4, -0.2) is 37.1 Å². The van der Waals surface area contributed by atoms with Crippen molar-refractivity contribution < 1.29 is 9.53 Å². The number of para-hydroxylation sites is 1. The number of benzene rings is 1. The number of esters is 1. The van der Waals surface area contributed by atoms with Crippen molar-refractivity contribution in [3.8, 4) is 0 Å². The molecule has 3 heterocycles. The number of carbonyl (C=O) groups is 1. The van der Waals surface area contributed by atoms with Crippen molar-refractivity contribution in [1.82, 2.24) is 24.6 Å². The van der Waals surface area contributed by atoms with Gasteiger partial charge in [-0.1, -0.05) is 30.0 Å². The van der Waals surface area contributed by atoms with E-state index < -0.39 is 0 Å². The van der Waals surface area contributed by atoms with Gasteiger partial charge in [-0.2, -0.15) is 4.98 Å². The Balaban J connectivity index is 1.72. The average Bonchev–Trinajstić information content (AvgIpc) is 3.10. The van der Waals surface area contributed by atoms with Gasteiger partial charge in [0, 0.05) is 22.5 Å². The van der Waals surface area contributed by atoms with Gasteiger partial charge in [-0.25, -0.2) is 14.3 Å². The van der Waals surface area contributed by atoms with Crippen LogP contribution in [0.25, 0.3) is 16.7 Å². The fraction of sp³-hybridized carbons (Fsp3) is 0.286. The molecule has 8 heteroatoms. The molecule has 0 atom stereocenters. The molecule has 1 aromatic carbocycles. The zero-order valence-electron chi connectivity index (χ0n) is 16.8. The second-order valence-corrected chi connectivity index (χ2v) is 7.67. The van der Waals surface area contributed by atoms with Crippen LogP contribution < -0.4 is 0 Å². The largest absolute Gasteiger partial charge is 0.462 e. The third kappa shape index (κ3) is 3.67. The van der Waals surface area contributed by atoms with Crippen molar-refractivity contribution in [2.45, 2.75) is 38.6 Å². The summed E-state index contributed by atoms with van der Waals surface area (Å²) in [5.41, 5.74) is 4.79. The van der Waals surface area contributed by atoms with E-state index in [1.165, 1.54) is 11.8 Å². The minimum Gasteiger partial charge on any atom is -0.462 e. The zero-order valence-corrected chi connectivity index (χ0v) is 17.6. The Bertz CT molecular complexity index is 1230. The number of thioether (sulfide) groups is 1. The van der Waals surface area contributed by atoms with Gasteiger partial charge < -0.3 is 4.74 Å². The SMILES string of the molecule is CCOC(=O)c1c(CSc2nc3nc(C)cc(C)n3n2)nc2ccccc2c1C. The number of hydrogen-bond acceptors (Lipinski definition) is 7. The van der Waals surface area contributed by atoms with Gasteiger partial charge in [-0.05, 0) is 45.4 Å². The predicted octanol–water partition coefficient (Wildman–Crippen LogP) is 4.07. The van der Waals surface area contributed by atoms with E-state index in [2.05, 4.69) is 15.1 Å². The number of aromatic nitrogens is 5. The first-order valence-corrected chi connectivity index (χ1v) is 10.4. The van der Waals surface area contributed by atoms with Crippen LogP contribution in [0.2, 0.25) is 0 Å². The lowest BCUT2D eigenvalue weighted by molar-refractivity contribution is 0.0524. The fourth-order valence-corrected chi connectivity index (χ4v) is 4.12. The molecule has 0 aliphatic carbocycles. The molecular formula is C21H21N5O2S. The van der Waals surface area contributed by atoms with Crippen molar-refractivity contribution in [2.24, 2.45) is 0 Å². The Labute approximate surface area is 172 Å². The molecule has 0 aliphatic rings. The van der Waals surface area contributed by atoms with Gasteiger partial charge in [-0.15, -0.1) is 5.10 Å². The monoisotopic (exact) mass is 407 g/mol. The van der Waals surface area contributed by atoms with Crippen LogP contribution in [0.15, 0.2) is 35.5 Å². The number of aryl methyl sites for hydroxylation is 3. The van der Waals surface area contributed by atoms with Gasteiger partial charge in [-0.3, -0.25) is 4.98 Å². The Morgan fingerprint density at radius 1 is 1.14 bits per heavy atom. The van der Waals surface area contributed by atoms with E-state index in [-0.39, 0.29) is 5.97 Å². The topological polar surface area (TPSA) is 82.3 Å². The maximum Gasteiger partial charge on any atom is 0.340 e. The maximum atomic E-state index is 12.6. The first-order valence-electron chi connectivity index (χ1n) is 9.37. The predicted molar refractivity (Wildman–Crippen MR) is 112 cm³/mol. The molecule has 148 valence electrons. The molecule has 0 bridgehead atoms. The molecule has 4 aromatic rings. The lowest BCUT2D eigenvalue weighted by Gasteiger charge is -2.13. The standard InChI is InChI=1S/C21H21N5O2S/c1-5-28-19(27)18-14(4)15-8-6-7-9-16(15)23-17(18)11-29-21-24-20-22-12(2)10-13(3)26(20)25-21/h6-10H,5,11H2,1-4H3. The molecule has 0 aliphatic heterocycles. The van der Waals surface area contributed by atoms with Crippen LogP contribution in [0.1, 0.15) is 39.9 Å². The number of ether oxygens (including phenoxy) is 1. The summed E-state index contributed by atoms with van der Waals surface area (Å²) in [6.45, 7) is 7.95. The van der Waals surface area contributed by atoms with Crippen LogP contribution in [0, 0.1) is 20.8 Å². The summed E-state index contributed by atoms with van der Waals surface area (Å²) < 4.78 is 7.02. The Morgan fingerprint density at radius 2 is 1.93 bits per heavy atom. The third-order valence-electron chi connectivity index (χ3n) is 4.64. The van der Waals surface area contributed by atoms with Gasteiger partial charge in [0.15, 0.2) is 0 Å². The van der Waals surface area contributed by atoms with Gasteiger partial charge in [0.25, 0.3) is 5.78 Å². The minimum atomic E-state index is -0.352. The molecular weight excluding hydrogens is 386 g/mol. The second kappa shape index (κ2) is 7.79. The summed E-state index contributed by atoms with van der Waals surface area (Å²) in [6.07, 6.45) is 0. The molecule has 4 rings (SSSR count). The summed E-state index contributed by atoms with van der Waals surface area (Å²) in [5.74, 6) is 0.669. The van der Waals surface area contributed by atoms with Crippen LogP contribution in [-0.2, 0) is 10.5 Å². The third-order valence-corrected chi connectivity index (χ3v) is 5.49. The molecule has 0 unspecified atom stereocenters. The van der Waals surface area contributed by atoms with E-state index >= 15 is 0 Å². The van der Waals surface area contributed by atoms with E-state index in [1.807, 2.05) is 51.1 Å². The Hall–Kier alpha value is -3.00. The molecule has 0 radical (unpaired) electrons. The normalized spacial score (nSPS) is 11.3. The van der Waals surface area contributed by atoms with Gasteiger partial charge in [0.2, 0.25) is 5.16 Å². The molecule has 0 spiro atoms. The van der Waals surface area contributed by atoms with Crippen LogP contribution >= 0.6 is 11.8 Å². The number of pyridine rings is 1. The van der Waals surface area contributed by atoms with Crippen molar-refractivity contribution in [1.29, 1.82) is 0 Å². The van der Waals surface area contributed by atoms with Crippen molar-refractivity contribution in [2.75, 3.05) is 6.61 Å². The first kappa shape index (κ1) is 19.3. The molecule has 7 nitrogen and oxygen atoms in total. The average molecular weight is 407 g/mol. The van der Waals surface area contributed by atoms with Crippen molar-refractivity contribution >= 4 is 34.4 Å². The number of rotatable bonds is 5. The van der Waals surface area contributed by atoms with E-state index in [0.717, 1.165) is 27.9 Å². The number of hydrogen-bond donors (Lipinski definition) is 0. The highest BCUT2D eigenvalue weighted by Crippen LogP contribution is 2.28. The quantitative estimate of drug-likeness (QED) is 0.364. The molecule has 0 saturated heterocycles. The Morgan fingerprint density at radius 3 is 2.72 bits per heavy atom. The van der Waals surface area contributed by atoms with Gasteiger partial charge >= 0.3 is 5.97 Å². The zero-order chi connectivity index (χ0) is 20.5. The molecule has 0 fully saturated rings. The lowest BCUT2D eigenvalue weighted by atomic mass is 10.0. The van der Waals surface area contributed by atoms with Crippen LogP contribution in [0.5, 0.6) is 0 Å². The highest BCUT2D eigenvalue weighted by Gasteiger charge is 2.20. The number of carbonyl (C=O) groups excluding carboxylic acids is 1. The van der Waals surface area contributed by atoms with Crippen LogP contribution in [0.4, 0.5) is 0 Å². The molecule has 3 aromatic heterocycles. The molecule has 0 saturated carbocycles. The summed E-state index contributed by atoms with van der Waals surface area (Å²) >= 11 is 1.43. The van der Waals surface area contributed by atoms with Crippen molar-refractivity contribution in [3.63, 3.8) is 0 Å². The van der Waals surface area contributed by atoms with E-state index in [0.29, 0.717) is 34.6 Å². The van der Waals surface area contributed by atoms with Crippen LogP contribution in [0.3, 0.4) is 0 Å². The smallest absolute Gasteiger partial charge is 0.340 e. The molecule has 0 amide bonds. The maximum absolute atomic E-state index is 12.6. The minimum absolute atomic E-state index is 0.315. The highest BCUT2D eigenvalue weighted by molar-refractivity contribution is 7.98. The lowest BCUT2D eigenvalue weighted by Crippen LogP contribution is -2.12. The number of nitrogens with zero attached hydrogens (tertiary/aromatic N) is 5. The van der Waals surface area contributed by atoms with E-state index in [4.69, 9.17) is 9.72 Å². The molecule has 29 heavy (non-hydrogen) atoms. The van der Waals surface area contributed by atoms with E-state index in [9.17, 15) is 4.79 Å². The highest BCUT2D eigenvalue weighted by atomic mass is 32.2. The first-order chi connectivity index (χ1) is 14.0. The fourth-order valence-electron chi connectivity index (χ4n) is 3.36. The second-order valence-electron chi connectivity index (χ2n) is 6.73. The van der Waals surface area contributed by atoms with Crippen molar-refractivity contribution in [3.05, 3.63) is 58.5 Å². The van der Waals surface area contributed by atoms with Gasteiger partial charge in [0.05, 0.1) is 23.4 Å². The Kier molecular flexibility index (Phi) is 5.19. The summed E-state index contributed by atoms with van der Waals surface area (Å²) in [6, 6.07) is 9.76. The summed E-state index contributed by atoms with van der Waals surface area (Å²) in [5, 5.41) is 6.07. The summed E-state index contributed by atoms with van der Waals surface area (Å²) in [4.78, 5) is 26.3. The number of fused-ring (bicyclic) bond motifs is 2. The summed E-state index contributed by atoms with van der Waals surface area (Å²) in [7, 11) is 0. The van der Waals surface area contributed by atoms with E-state index in [1.54, 1.807) is 11.4 Å². The molecule has 0 N–H and O–H groups in total. The van der Waals surface area contributed by atoms with Gasteiger partial charge in [0.1, 0.15) is 0 Å².